The lowest BCUT2D eigenvalue weighted by molar-refractivity contribution is -0.122. The van der Waals surface area contributed by atoms with Crippen LogP contribution in [0, 0.1) is 0 Å². The SMILES string of the molecule is O=C(NCc1ccc(N2CCOCC2)cc1)c1cccc(NC(=O)C2Cc3ccccc3O2)c1. The predicted molar refractivity (Wildman–Crippen MR) is 130 cm³/mol. The van der Waals surface area contributed by atoms with Gasteiger partial charge in [-0.2, -0.15) is 0 Å². The fraction of sp³-hybridized carbons (Fsp3) is 0.259. The molecule has 2 aliphatic rings. The quantitative estimate of drug-likeness (QED) is 0.593. The lowest BCUT2D eigenvalue weighted by atomic mass is 10.1. The molecule has 1 atom stereocenters. The predicted octanol–water partition coefficient (Wildman–Crippen LogP) is 3.40. The van der Waals surface area contributed by atoms with Gasteiger partial charge in [0.05, 0.1) is 13.2 Å². The second kappa shape index (κ2) is 9.97. The van der Waals surface area contributed by atoms with Crippen molar-refractivity contribution < 1.29 is 19.1 Å². The summed E-state index contributed by atoms with van der Waals surface area (Å²) in [7, 11) is 0. The maximum atomic E-state index is 12.7. The number of benzene rings is 3. The molecular weight excluding hydrogens is 430 g/mol. The molecule has 3 aromatic carbocycles. The smallest absolute Gasteiger partial charge is 0.265 e. The van der Waals surface area contributed by atoms with E-state index < -0.39 is 6.10 Å². The number of ether oxygens (including phenoxy) is 2. The van der Waals surface area contributed by atoms with Crippen molar-refractivity contribution in [1.82, 2.24) is 5.32 Å². The molecule has 2 amide bonds. The summed E-state index contributed by atoms with van der Waals surface area (Å²) in [6.45, 7) is 3.70. The number of hydrogen-bond acceptors (Lipinski definition) is 5. The van der Waals surface area contributed by atoms with Crippen molar-refractivity contribution in [2.45, 2.75) is 19.1 Å². The van der Waals surface area contributed by atoms with Crippen LogP contribution in [-0.4, -0.2) is 44.2 Å². The van der Waals surface area contributed by atoms with Gasteiger partial charge >= 0.3 is 0 Å². The number of fused-ring (bicyclic) bond motifs is 1. The molecule has 0 aliphatic carbocycles. The van der Waals surface area contributed by atoms with Gasteiger partial charge in [0.25, 0.3) is 11.8 Å². The van der Waals surface area contributed by atoms with Crippen LogP contribution in [0.4, 0.5) is 11.4 Å². The fourth-order valence-corrected chi connectivity index (χ4v) is 4.22. The number of anilines is 2. The molecule has 1 fully saturated rings. The Labute approximate surface area is 198 Å². The van der Waals surface area contributed by atoms with E-state index in [-0.39, 0.29) is 11.8 Å². The van der Waals surface area contributed by atoms with Gasteiger partial charge in [-0.15, -0.1) is 0 Å². The zero-order valence-electron chi connectivity index (χ0n) is 18.8. The summed E-state index contributed by atoms with van der Waals surface area (Å²) < 4.78 is 11.2. The van der Waals surface area contributed by atoms with E-state index in [2.05, 4.69) is 27.7 Å². The first kappa shape index (κ1) is 22.0. The number of morpholine rings is 1. The minimum atomic E-state index is -0.574. The van der Waals surface area contributed by atoms with Crippen LogP contribution in [0.15, 0.2) is 72.8 Å². The molecule has 1 unspecified atom stereocenters. The molecule has 2 heterocycles. The number of hydrogen-bond donors (Lipinski definition) is 2. The zero-order valence-corrected chi connectivity index (χ0v) is 18.8. The van der Waals surface area contributed by atoms with Gasteiger partial charge in [0, 0.05) is 43.0 Å². The standard InChI is InChI=1S/C27H27N3O4/c31-26(28-18-19-8-10-23(11-9-19)30-12-14-33-15-13-30)21-5-3-6-22(16-21)29-27(32)25-17-20-4-1-2-7-24(20)34-25/h1-11,16,25H,12-15,17-18H2,(H,28,31)(H,29,32). The van der Waals surface area contributed by atoms with Gasteiger partial charge in [-0.05, 0) is 47.5 Å². The Morgan fingerprint density at radius 2 is 1.74 bits per heavy atom. The van der Waals surface area contributed by atoms with Crippen LogP contribution in [0.25, 0.3) is 0 Å². The first-order valence-electron chi connectivity index (χ1n) is 11.5. The Kier molecular flexibility index (Phi) is 6.44. The molecule has 0 aromatic heterocycles. The van der Waals surface area contributed by atoms with Crippen LogP contribution in [-0.2, 0) is 22.5 Å². The van der Waals surface area contributed by atoms with Gasteiger partial charge in [-0.25, -0.2) is 0 Å². The van der Waals surface area contributed by atoms with Crippen LogP contribution in [0.1, 0.15) is 21.5 Å². The van der Waals surface area contributed by atoms with Crippen LogP contribution in [0.5, 0.6) is 5.75 Å². The molecule has 174 valence electrons. The molecule has 0 saturated carbocycles. The Morgan fingerprint density at radius 3 is 2.53 bits per heavy atom. The maximum absolute atomic E-state index is 12.7. The van der Waals surface area contributed by atoms with Crippen LogP contribution in [0.3, 0.4) is 0 Å². The molecule has 34 heavy (non-hydrogen) atoms. The average molecular weight is 458 g/mol. The van der Waals surface area contributed by atoms with E-state index in [0.29, 0.717) is 24.2 Å². The van der Waals surface area contributed by atoms with E-state index in [1.807, 2.05) is 36.4 Å². The maximum Gasteiger partial charge on any atom is 0.265 e. The van der Waals surface area contributed by atoms with E-state index in [1.165, 1.54) is 0 Å². The van der Waals surface area contributed by atoms with Crippen LogP contribution in [0.2, 0.25) is 0 Å². The Hall–Kier alpha value is -3.84. The van der Waals surface area contributed by atoms with Crippen molar-refractivity contribution in [3.63, 3.8) is 0 Å². The Balaban J connectivity index is 1.15. The third-order valence-electron chi connectivity index (χ3n) is 6.10. The van der Waals surface area contributed by atoms with Crippen molar-refractivity contribution in [3.05, 3.63) is 89.5 Å². The van der Waals surface area contributed by atoms with Gasteiger partial charge in [-0.3, -0.25) is 9.59 Å². The average Bonchev–Trinajstić information content (AvgIpc) is 3.33. The van der Waals surface area contributed by atoms with Crippen LogP contribution < -0.4 is 20.3 Å². The number of rotatable bonds is 6. The molecular formula is C27H27N3O4. The molecule has 2 aliphatic heterocycles. The van der Waals surface area contributed by atoms with Gasteiger partial charge in [0.1, 0.15) is 5.75 Å². The van der Waals surface area contributed by atoms with Crippen molar-refractivity contribution in [2.24, 2.45) is 0 Å². The molecule has 5 rings (SSSR count). The number of amides is 2. The number of para-hydroxylation sites is 1. The summed E-state index contributed by atoms with van der Waals surface area (Å²) in [6.07, 6.45) is -0.0395. The van der Waals surface area contributed by atoms with Crippen molar-refractivity contribution in [1.29, 1.82) is 0 Å². The Morgan fingerprint density at radius 1 is 0.941 bits per heavy atom. The third kappa shape index (κ3) is 5.05. The lowest BCUT2D eigenvalue weighted by Gasteiger charge is -2.28. The van der Waals surface area contributed by atoms with Crippen molar-refractivity contribution >= 4 is 23.2 Å². The summed E-state index contributed by atoms with van der Waals surface area (Å²) in [4.78, 5) is 27.7. The van der Waals surface area contributed by atoms with Gasteiger partial charge < -0.3 is 25.0 Å². The molecule has 0 radical (unpaired) electrons. The fourth-order valence-electron chi connectivity index (χ4n) is 4.22. The zero-order chi connectivity index (χ0) is 23.3. The second-order valence-corrected chi connectivity index (χ2v) is 8.44. The molecule has 0 bridgehead atoms. The first-order chi connectivity index (χ1) is 16.7. The second-order valence-electron chi connectivity index (χ2n) is 8.44. The third-order valence-corrected chi connectivity index (χ3v) is 6.10. The number of carbonyl (C=O) groups excluding carboxylic acids is 2. The highest BCUT2D eigenvalue weighted by molar-refractivity contribution is 5.98. The van der Waals surface area contributed by atoms with Gasteiger partial charge in [0.15, 0.2) is 6.10 Å². The summed E-state index contributed by atoms with van der Waals surface area (Å²) in [5.74, 6) is 0.320. The minimum Gasteiger partial charge on any atom is -0.480 e. The van der Waals surface area contributed by atoms with E-state index in [0.717, 1.165) is 48.9 Å². The van der Waals surface area contributed by atoms with Crippen LogP contribution >= 0.6 is 0 Å². The van der Waals surface area contributed by atoms with Crippen molar-refractivity contribution in [2.75, 3.05) is 36.5 Å². The van der Waals surface area contributed by atoms with Crippen molar-refractivity contribution in [3.8, 4) is 5.75 Å². The van der Waals surface area contributed by atoms with Gasteiger partial charge in [0.2, 0.25) is 0 Å². The summed E-state index contributed by atoms with van der Waals surface area (Å²) in [6, 6.07) is 22.8. The molecule has 3 aromatic rings. The minimum absolute atomic E-state index is 0.196. The highest BCUT2D eigenvalue weighted by Gasteiger charge is 2.28. The van der Waals surface area contributed by atoms with Gasteiger partial charge in [-0.1, -0.05) is 36.4 Å². The molecule has 0 spiro atoms. The van der Waals surface area contributed by atoms with E-state index in [4.69, 9.17) is 9.47 Å². The lowest BCUT2D eigenvalue weighted by Crippen LogP contribution is -2.36. The highest BCUT2D eigenvalue weighted by atomic mass is 16.5. The van der Waals surface area contributed by atoms with E-state index >= 15 is 0 Å². The normalized spacial score (nSPS) is 16.9. The number of nitrogens with one attached hydrogen (secondary N) is 2. The molecule has 1 saturated heterocycles. The topological polar surface area (TPSA) is 79.9 Å². The molecule has 7 nitrogen and oxygen atoms in total. The summed E-state index contributed by atoms with van der Waals surface area (Å²) >= 11 is 0. The summed E-state index contributed by atoms with van der Waals surface area (Å²) in [5.41, 5.74) is 4.25. The molecule has 2 N–H and O–H groups in total. The van der Waals surface area contributed by atoms with E-state index in [9.17, 15) is 9.59 Å². The largest absolute Gasteiger partial charge is 0.480 e. The number of nitrogens with zero attached hydrogens (tertiary/aromatic N) is 1. The first-order valence-corrected chi connectivity index (χ1v) is 11.5. The monoisotopic (exact) mass is 457 g/mol. The highest BCUT2D eigenvalue weighted by Crippen LogP contribution is 2.28. The molecule has 7 heteroatoms. The number of carbonyl (C=O) groups is 2. The Bertz CT molecular complexity index is 1150. The summed E-state index contributed by atoms with van der Waals surface area (Å²) in [5, 5.41) is 5.82. The van der Waals surface area contributed by atoms with E-state index in [1.54, 1.807) is 24.3 Å².